The van der Waals surface area contributed by atoms with Crippen LogP contribution in [0.5, 0.6) is 5.75 Å². The van der Waals surface area contributed by atoms with Crippen molar-refractivity contribution >= 4 is 15.9 Å². The predicted molar refractivity (Wildman–Crippen MR) is 65.5 cm³/mol. The van der Waals surface area contributed by atoms with E-state index in [0.29, 0.717) is 13.1 Å². The van der Waals surface area contributed by atoms with Crippen molar-refractivity contribution < 1.29 is 14.9 Å². The summed E-state index contributed by atoms with van der Waals surface area (Å²) in [4.78, 5) is 0. The Hall–Kier alpha value is -0.620. The molecule has 0 saturated heterocycles. The Balaban J connectivity index is 2.55. The molecule has 0 fully saturated rings. The molecule has 0 aromatic heterocycles. The molecular weight excluding hydrogens is 274 g/mol. The standard InChI is InChI=1S/C11H16BrNO3/c1-16-11-3-2-9(12)4-8(11)5-13-6-10(15)7-14/h2-4,10,13-15H,5-7H2,1H3/t10-/m1/s1. The first-order valence-electron chi connectivity index (χ1n) is 4.99. The maximum atomic E-state index is 9.16. The molecule has 4 nitrogen and oxygen atoms in total. The Labute approximate surface area is 103 Å². The van der Waals surface area contributed by atoms with Gasteiger partial charge in [0.15, 0.2) is 0 Å². The van der Waals surface area contributed by atoms with Gasteiger partial charge in [0, 0.05) is 23.1 Å². The van der Waals surface area contributed by atoms with E-state index in [2.05, 4.69) is 21.2 Å². The predicted octanol–water partition coefficient (Wildman–Crippen LogP) is 0.900. The van der Waals surface area contributed by atoms with Crippen molar-refractivity contribution in [2.75, 3.05) is 20.3 Å². The summed E-state index contributed by atoms with van der Waals surface area (Å²) in [5.74, 6) is 0.800. The van der Waals surface area contributed by atoms with E-state index in [4.69, 9.17) is 14.9 Å². The largest absolute Gasteiger partial charge is 0.496 e. The van der Waals surface area contributed by atoms with Gasteiger partial charge in [-0.3, -0.25) is 0 Å². The maximum absolute atomic E-state index is 9.16. The second-order valence-corrected chi connectivity index (χ2v) is 4.34. The average Bonchev–Trinajstić information content (AvgIpc) is 2.29. The average molecular weight is 290 g/mol. The minimum absolute atomic E-state index is 0.234. The number of benzene rings is 1. The van der Waals surface area contributed by atoms with Gasteiger partial charge < -0.3 is 20.3 Å². The number of aliphatic hydroxyl groups excluding tert-OH is 2. The lowest BCUT2D eigenvalue weighted by Gasteiger charge is -2.12. The second-order valence-electron chi connectivity index (χ2n) is 3.42. The molecule has 1 aromatic rings. The van der Waals surface area contributed by atoms with Crippen LogP contribution in [-0.2, 0) is 6.54 Å². The minimum atomic E-state index is -0.724. The van der Waals surface area contributed by atoms with E-state index in [9.17, 15) is 0 Å². The topological polar surface area (TPSA) is 61.7 Å². The third-order valence-corrected chi connectivity index (χ3v) is 2.64. The number of methoxy groups -OCH3 is 1. The summed E-state index contributed by atoms with van der Waals surface area (Å²) in [6, 6.07) is 5.74. The van der Waals surface area contributed by atoms with Gasteiger partial charge in [-0.25, -0.2) is 0 Å². The van der Waals surface area contributed by atoms with E-state index in [0.717, 1.165) is 15.8 Å². The Kier molecular flexibility index (Phi) is 5.76. The Bertz CT molecular complexity index is 333. The van der Waals surface area contributed by atoms with Gasteiger partial charge >= 0.3 is 0 Å². The van der Waals surface area contributed by atoms with Crippen molar-refractivity contribution in [1.82, 2.24) is 5.32 Å². The molecule has 16 heavy (non-hydrogen) atoms. The summed E-state index contributed by atoms with van der Waals surface area (Å²) in [6.45, 7) is 0.703. The number of hydrogen-bond acceptors (Lipinski definition) is 4. The molecular formula is C11H16BrNO3. The highest BCUT2D eigenvalue weighted by Gasteiger charge is 2.05. The van der Waals surface area contributed by atoms with E-state index in [-0.39, 0.29) is 6.61 Å². The summed E-state index contributed by atoms with van der Waals surface area (Å²) in [6.07, 6.45) is -0.724. The molecule has 1 rings (SSSR count). The SMILES string of the molecule is COc1ccc(Br)cc1CNC[C@@H](O)CO. The van der Waals surface area contributed by atoms with Crippen LogP contribution in [0.4, 0.5) is 0 Å². The fraction of sp³-hybridized carbons (Fsp3) is 0.455. The molecule has 1 aromatic carbocycles. The highest BCUT2D eigenvalue weighted by molar-refractivity contribution is 9.10. The second kappa shape index (κ2) is 6.85. The van der Waals surface area contributed by atoms with Crippen molar-refractivity contribution in [2.24, 2.45) is 0 Å². The van der Waals surface area contributed by atoms with Crippen molar-refractivity contribution in [1.29, 1.82) is 0 Å². The summed E-state index contributed by atoms with van der Waals surface area (Å²) in [5, 5.41) is 20.9. The molecule has 0 spiro atoms. The summed E-state index contributed by atoms with van der Waals surface area (Å²) in [7, 11) is 1.62. The number of aliphatic hydroxyl groups is 2. The van der Waals surface area contributed by atoms with Crippen molar-refractivity contribution in [2.45, 2.75) is 12.6 Å². The zero-order chi connectivity index (χ0) is 12.0. The van der Waals surface area contributed by atoms with Crippen LogP contribution in [0.2, 0.25) is 0 Å². The highest BCUT2D eigenvalue weighted by atomic mass is 79.9. The molecule has 0 amide bonds. The highest BCUT2D eigenvalue weighted by Crippen LogP contribution is 2.22. The molecule has 0 unspecified atom stereocenters. The van der Waals surface area contributed by atoms with E-state index in [1.165, 1.54) is 0 Å². The van der Waals surface area contributed by atoms with E-state index < -0.39 is 6.10 Å². The van der Waals surface area contributed by atoms with Gasteiger partial charge in [0.05, 0.1) is 19.8 Å². The molecule has 1 atom stereocenters. The molecule has 0 aliphatic carbocycles. The molecule has 0 aliphatic heterocycles. The zero-order valence-electron chi connectivity index (χ0n) is 9.11. The van der Waals surface area contributed by atoms with Crippen molar-refractivity contribution in [3.05, 3.63) is 28.2 Å². The Morgan fingerprint density at radius 2 is 2.25 bits per heavy atom. The third kappa shape index (κ3) is 4.09. The molecule has 3 N–H and O–H groups in total. The zero-order valence-corrected chi connectivity index (χ0v) is 10.7. The van der Waals surface area contributed by atoms with Crippen LogP contribution in [0.25, 0.3) is 0 Å². The van der Waals surface area contributed by atoms with Gasteiger partial charge in [-0.1, -0.05) is 15.9 Å². The molecule has 90 valence electrons. The van der Waals surface area contributed by atoms with Gasteiger partial charge in [-0.2, -0.15) is 0 Å². The van der Waals surface area contributed by atoms with E-state index in [1.54, 1.807) is 7.11 Å². The smallest absolute Gasteiger partial charge is 0.123 e. The van der Waals surface area contributed by atoms with Crippen LogP contribution in [0, 0.1) is 0 Å². The first-order valence-corrected chi connectivity index (χ1v) is 5.78. The first-order chi connectivity index (χ1) is 7.67. The molecule has 0 heterocycles. The number of rotatable bonds is 6. The maximum Gasteiger partial charge on any atom is 0.123 e. The van der Waals surface area contributed by atoms with Gasteiger partial charge in [-0.05, 0) is 18.2 Å². The number of hydrogen-bond donors (Lipinski definition) is 3. The summed E-state index contributed by atoms with van der Waals surface area (Å²) in [5.41, 5.74) is 1.00. The van der Waals surface area contributed by atoms with Crippen LogP contribution in [0.1, 0.15) is 5.56 Å². The third-order valence-electron chi connectivity index (χ3n) is 2.15. The van der Waals surface area contributed by atoms with Gasteiger partial charge in [0.2, 0.25) is 0 Å². The minimum Gasteiger partial charge on any atom is -0.496 e. The van der Waals surface area contributed by atoms with Crippen molar-refractivity contribution in [3.63, 3.8) is 0 Å². The fourth-order valence-electron chi connectivity index (χ4n) is 1.32. The molecule has 0 bridgehead atoms. The van der Waals surface area contributed by atoms with Crippen LogP contribution < -0.4 is 10.1 Å². The Morgan fingerprint density at radius 1 is 1.50 bits per heavy atom. The van der Waals surface area contributed by atoms with Crippen LogP contribution in [-0.4, -0.2) is 36.6 Å². The molecule has 0 saturated carbocycles. The van der Waals surface area contributed by atoms with Gasteiger partial charge in [0.1, 0.15) is 5.75 Å². The summed E-state index contributed by atoms with van der Waals surface area (Å²) < 4.78 is 6.19. The lowest BCUT2D eigenvalue weighted by atomic mass is 10.2. The van der Waals surface area contributed by atoms with Crippen LogP contribution in [0.15, 0.2) is 22.7 Å². The van der Waals surface area contributed by atoms with Crippen LogP contribution >= 0.6 is 15.9 Å². The lowest BCUT2D eigenvalue weighted by molar-refractivity contribution is 0.0942. The molecule has 0 aliphatic rings. The first kappa shape index (κ1) is 13.4. The van der Waals surface area contributed by atoms with Gasteiger partial charge in [-0.15, -0.1) is 0 Å². The van der Waals surface area contributed by atoms with E-state index in [1.807, 2.05) is 18.2 Å². The normalized spacial score (nSPS) is 12.5. The van der Waals surface area contributed by atoms with Crippen LogP contribution in [0.3, 0.4) is 0 Å². The number of nitrogens with one attached hydrogen (secondary N) is 1. The molecule has 0 radical (unpaired) electrons. The monoisotopic (exact) mass is 289 g/mol. The van der Waals surface area contributed by atoms with Crippen molar-refractivity contribution in [3.8, 4) is 5.75 Å². The quantitative estimate of drug-likeness (QED) is 0.728. The van der Waals surface area contributed by atoms with E-state index >= 15 is 0 Å². The number of halogens is 1. The Morgan fingerprint density at radius 3 is 2.88 bits per heavy atom. The van der Waals surface area contributed by atoms with Gasteiger partial charge in [0.25, 0.3) is 0 Å². The summed E-state index contributed by atoms with van der Waals surface area (Å²) >= 11 is 3.39. The molecule has 5 heteroatoms. The number of ether oxygens (including phenoxy) is 1. The lowest BCUT2D eigenvalue weighted by Crippen LogP contribution is -2.29. The fourth-order valence-corrected chi connectivity index (χ4v) is 1.73.